The summed E-state index contributed by atoms with van der Waals surface area (Å²) < 4.78 is 71.2. The summed E-state index contributed by atoms with van der Waals surface area (Å²) in [6, 6.07) is 1.58. The van der Waals surface area contributed by atoms with Crippen molar-refractivity contribution in [1.29, 1.82) is 5.26 Å². The number of primary amides is 1. The van der Waals surface area contributed by atoms with E-state index in [1.807, 2.05) is 0 Å². The maximum Gasteiger partial charge on any atom is 0.412 e. The second-order valence-corrected chi connectivity index (χ2v) is 10.1. The van der Waals surface area contributed by atoms with Crippen LogP contribution in [-0.2, 0) is 14.9 Å². The van der Waals surface area contributed by atoms with Crippen molar-refractivity contribution >= 4 is 51.2 Å². The number of ether oxygens (including phenoxy) is 1. The molecule has 8 nitrogen and oxygen atoms in total. The van der Waals surface area contributed by atoms with Crippen LogP contribution >= 0.6 is 33.4 Å². The normalized spacial score (nSPS) is 17.0. The molecule has 0 spiro atoms. The molecule has 3 N–H and O–H groups in total. The SMILES string of the molecule is COC(=O)Nc1c(C2(C(N)=O)CC2)c(C#N)nn1-c1c(Cl)cc(S(F)(F)(F)(F)F)cc1Cl. The van der Waals surface area contributed by atoms with Gasteiger partial charge in [-0.25, -0.2) is 9.48 Å². The molecule has 1 saturated carbocycles. The third kappa shape index (κ3) is 4.03. The fourth-order valence-corrected chi connectivity index (χ4v) is 4.54. The molecular formula is C16H12Cl2F5N5O3S. The Labute approximate surface area is 186 Å². The number of nitriles is 1. The summed E-state index contributed by atoms with van der Waals surface area (Å²) in [4.78, 5) is 21.6. The Hall–Kier alpha value is -2.76. The number of aromatic nitrogens is 2. The number of halogens is 7. The molecule has 1 heterocycles. The summed E-state index contributed by atoms with van der Waals surface area (Å²) >= 11 is 11.7. The lowest BCUT2D eigenvalue weighted by atomic mass is 9.94. The maximum atomic E-state index is 13.2. The molecule has 0 bridgehead atoms. The van der Waals surface area contributed by atoms with Gasteiger partial charge in [0.05, 0.1) is 22.6 Å². The fraction of sp³-hybridized carbons (Fsp3) is 0.250. The molecule has 32 heavy (non-hydrogen) atoms. The van der Waals surface area contributed by atoms with Crippen LogP contribution in [0, 0.1) is 11.3 Å². The van der Waals surface area contributed by atoms with Gasteiger partial charge in [-0.15, -0.1) is 0 Å². The van der Waals surface area contributed by atoms with Crippen molar-refractivity contribution in [1.82, 2.24) is 9.78 Å². The first-order valence-corrected chi connectivity index (χ1v) is 11.1. The van der Waals surface area contributed by atoms with Crippen molar-refractivity contribution in [3.05, 3.63) is 33.4 Å². The van der Waals surface area contributed by atoms with E-state index in [0.29, 0.717) is 4.68 Å². The molecule has 0 saturated heterocycles. The summed E-state index contributed by atoms with van der Waals surface area (Å²) in [7, 11) is -9.14. The highest BCUT2D eigenvalue weighted by molar-refractivity contribution is 8.45. The second-order valence-electron chi connectivity index (χ2n) is 6.86. The number of carbonyl (C=O) groups is 2. The average molecular weight is 520 g/mol. The van der Waals surface area contributed by atoms with Crippen LogP contribution < -0.4 is 11.1 Å². The Bertz CT molecular complexity index is 1200. The van der Waals surface area contributed by atoms with Gasteiger partial charge >= 0.3 is 16.3 Å². The van der Waals surface area contributed by atoms with E-state index < -0.39 is 59.8 Å². The van der Waals surface area contributed by atoms with Gasteiger partial charge in [0.15, 0.2) is 5.69 Å². The van der Waals surface area contributed by atoms with Crippen LogP contribution in [0.5, 0.6) is 0 Å². The van der Waals surface area contributed by atoms with Crippen LogP contribution in [0.2, 0.25) is 10.0 Å². The van der Waals surface area contributed by atoms with Crippen molar-refractivity contribution in [3.63, 3.8) is 0 Å². The van der Waals surface area contributed by atoms with Gasteiger partial charge in [0.1, 0.15) is 22.5 Å². The average Bonchev–Trinajstić information content (AvgIpc) is 3.37. The molecule has 1 aromatic carbocycles. The number of benzene rings is 1. The lowest BCUT2D eigenvalue weighted by Gasteiger charge is -2.40. The van der Waals surface area contributed by atoms with E-state index in [1.54, 1.807) is 6.07 Å². The van der Waals surface area contributed by atoms with E-state index in [9.17, 15) is 34.3 Å². The topological polar surface area (TPSA) is 123 Å². The molecule has 0 radical (unpaired) electrons. The van der Waals surface area contributed by atoms with Gasteiger partial charge in [0.25, 0.3) is 0 Å². The largest absolute Gasteiger partial charge is 0.453 e. The number of hydrogen-bond donors (Lipinski definition) is 2. The van der Waals surface area contributed by atoms with Crippen LogP contribution in [-0.4, -0.2) is 28.9 Å². The summed E-state index contributed by atoms with van der Waals surface area (Å²) in [5, 5.41) is 13.7. The molecule has 0 unspecified atom stereocenters. The summed E-state index contributed by atoms with van der Waals surface area (Å²) in [5.74, 6) is -1.25. The zero-order valence-electron chi connectivity index (χ0n) is 15.8. The number of hydrogen-bond acceptors (Lipinski definition) is 5. The van der Waals surface area contributed by atoms with E-state index >= 15 is 0 Å². The third-order valence-corrected chi connectivity index (χ3v) is 6.45. The molecule has 16 heteroatoms. The predicted octanol–water partition coefficient (Wildman–Crippen LogP) is 5.40. The second kappa shape index (κ2) is 6.63. The van der Waals surface area contributed by atoms with Gasteiger partial charge in [-0.1, -0.05) is 42.6 Å². The Morgan fingerprint density at radius 2 is 1.78 bits per heavy atom. The van der Waals surface area contributed by atoms with Crippen LogP contribution in [0.25, 0.3) is 5.69 Å². The number of nitrogens with zero attached hydrogens (tertiary/aromatic N) is 3. The number of amides is 2. The number of carbonyl (C=O) groups excluding carboxylic acids is 2. The molecular weight excluding hydrogens is 508 g/mol. The molecule has 0 aliphatic heterocycles. The van der Waals surface area contributed by atoms with Crippen molar-refractivity contribution in [2.45, 2.75) is 23.2 Å². The van der Waals surface area contributed by atoms with E-state index in [1.165, 1.54) is 0 Å². The zero-order chi connectivity index (χ0) is 24.3. The predicted molar refractivity (Wildman–Crippen MR) is 106 cm³/mol. The quantitative estimate of drug-likeness (QED) is 0.511. The van der Waals surface area contributed by atoms with E-state index in [2.05, 4.69) is 15.2 Å². The summed E-state index contributed by atoms with van der Waals surface area (Å²) in [6.07, 6.45) is -0.736. The number of nitrogens with one attached hydrogen (secondary N) is 1. The summed E-state index contributed by atoms with van der Waals surface area (Å²) in [5.41, 5.74) is 2.92. The Morgan fingerprint density at radius 3 is 2.16 bits per heavy atom. The highest BCUT2D eigenvalue weighted by Gasteiger charge is 2.65. The Kier molecular flexibility index (Phi) is 4.95. The fourth-order valence-electron chi connectivity index (χ4n) is 3.09. The maximum absolute atomic E-state index is 13.2. The minimum atomic E-state index is -10.1. The van der Waals surface area contributed by atoms with Crippen LogP contribution in [0.15, 0.2) is 17.0 Å². The standard InChI is InChI=1S/C16H12Cl2F5N5O3S/c1-31-15(30)26-13-11(16(2-3-16)14(25)29)10(6-24)27-28(13)12-8(17)4-7(5-9(12)18)32(19,20,21,22)23/h4-5H,2-3H2,1H3,(H2,25,29)(H,26,30). The molecule has 2 amide bonds. The third-order valence-electron chi connectivity index (χ3n) is 4.75. The van der Waals surface area contributed by atoms with Crippen LogP contribution in [0.1, 0.15) is 24.1 Å². The molecule has 1 aliphatic rings. The number of nitrogens with two attached hydrogens (primary N) is 1. The Balaban J connectivity index is 2.35. The number of rotatable bonds is 5. The first-order valence-electron chi connectivity index (χ1n) is 8.37. The van der Waals surface area contributed by atoms with Gasteiger partial charge in [-0.2, -0.15) is 10.4 Å². The molecule has 1 aromatic heterocycles. The smallest absolute Gasteiger partial charge is 0.412 e. The van der Waals surface area contributed by atoms with Crippen molar-refractivity contribution in [2.75, 3.05) is 12.4 Å². The molecule has 0 atom stereocenters. The van der Waals surface area contributed by atoms with E-state index in [4.69, 9.17) is 28.9 Å². The number of anilines is 1. The van der Waals surface area contributed by atoms with Gasteiger partial charge in [-0.3, -0.25) is 10.1 Å². The van der Waals surface area contributed by atoms with Gasteiger partial charge < -0.3 is 10.5 Å². The zero-order valence-corrected chi connectivity index (χ0v) is 18.1. The minimum Gasteiger partial charge on any atom is -0.453 e. The molecule has 1 fully saturated rings. The van der Waals surface area contributed by atoms with Gasteiger partial charge in [0, 0.05) is 5.56 Å². The minimum absolute atomic E-state index is 0.0549. The summed E-state index contributed by atoms with van der Waals surface area (Å²) in [6.45, 7) is 0. The molecule has 174 valence electrons. The molecule has 3 rings (SSSR count). The van der Waals surface area contributed by atoms with Gasteiger partial charge in [-0.05, 0) is 25.0 Å². The van der Waals surface area contributed by atoms with E-state index in [0.717, 1.165) is 7.11 Å². The Morgan fingerprint density at radius 1 is 1.25 bits per heavy atom. The van der Waals surface area contributed by atoms with E-state index in [-0.39, 0.29) is 30.5 Å². The monoisotopic (exact) mass is 519 g/mol. The van der Waals surface area contributed by atoms with Gasteiger partial charge in [0.2, 0.25) is 5.91 Å². The first-order chi connectivity index (χ1) is 14.4. The highest BCUT2D eigenvalue weighted by atomic mass is 35.5. The highest BCUT2D eigenvalue weighted by Crippen LogP contribution is 3.02. The first kappa shape index (κ1) is 23.9. The molecule has 2 aromatic rings. The van der Waals surface area contributed by atoms with Crippen molar-refractivity contribution < 1.29 is 33.8 Å². The van der Waals surface area contributed by atoms with Crippen molar-refractivity contribution in [3.8, 4) is 11.8 Å². The lowest BCUT2D eigenvalue weighted by Crippen LogP contribution is -2.30. The lowest BCUT2D eigenvalue weighted by molar-refractivity contribution is -0.120. The van der Waals surface area contributed by atoms with Crippen LogP contribution in [0.3, 0.4) is 0 Å². The van der Waals surface area contributed by atoms with Crippen LogP contribution in [0.4, 0.5) is 30.0 Å². The number of methoxy groups -OCH3 is 1. The molecule has 1 aliphatic carbocycles. The van der Waals surface area contributed by atoms with Crippen molar-refractivity contribution in [2.24, 2.45) is 5.73 Å².